The predicted molar refractivity (Wildman–Crippen MR) is 67.8 cm³/mol. The summed E-state index contributed by atoms with van der Waals surface area (Å²) in [6, 6.07) is 3.24. The molecule has 0 radical (unpaired) electrons. The van der Waals surface area contributed by atoms with E-state index in [0.717, 1.165) is 18.3 Å². The van der Waals surface area contributed by atoms with E-state index in [2.05, 4.69) is 15.2 Å². The molecule has 0 saturated carbocycles. The first-order valence-electron chi connectivity index (χ1n) is 5.83. The van der Waals surface area contributed by atoms with Crippen LogP contribution in [0.4, 0.5) is 13.2 Å². The van der Waals surface area contributed by atoms with E-state index in [-0.39, 0.29) is 16.8 Å². The van der Waals surface area contributed by atoms with Gasteiger partial charge in [-0.1, -0.05) is 6.07 Å². The highest BCUT2D eigenvalue weighted by Crippen LogP contribution is 2.34. The van der Waals surface area contributed by atoms with Crippen molar-refractivity contribution in [2.75, 3.05) is 0 Å². The van der Waals surface area contributed by atoms with Gasteiger partial charge in [-0.25, -0.2) is 4.79 Å². The van der Waals surface area contributed by atoms with Crippen LogP contribution >= 0.6 is 0 Å². The maximum absolute atomic E-state index is 12.7. The van der Waals surface area contributed by atoms with Gasteiger partial charge in [0.15, 0.2) is 0 Å². The molecule has 1 aromatic carbocycles. The van der Waals surface area contributed by atoms with Crippen molar-refractivity contribution in [3.63, 3.8) is 0 Å². The van der Waals surface area contributed by atoms with Crippen molar-refractivity contribution in [3.8, 4) is 11.3 Å². The molecule has 0 aliphatic carbocycles. The summed E-state index contributed by atoms with van der Waals surface area (Å²) in [5.41, 5.74) is 0.148. The standard InChI is InChI=1S/C13H8F3N3O2/c14-13(15,16)6-1-2-7-8(4-17-10(7)3-6)11-9(12(20)21)5-18-19-11/h1-5,17H,(H,18,19)(H,20,21). The van der Waals surface area contributed by atoms with Crippen LogP contribution in [0.15, 0.2) is 30.6 Å². The zero-order valence-electron chi connectivity index (χ0n) is 10.3. The minimum Gasteiger partial charge on any atom is -0.478 e. The fraction of sp³-hybridized carbons (Fsp3) is 0.0769. The van der Waals surface area contributed by atoms with E-state index in [0.29, 0.717) is 10.9 Å². The van der Waals surface area contributed by atoms with Gasteiger partial charge in [0, 0.05) is 22.7 Å². The summed E-state index contributed by atoms with van der Waals surface area (Å²) in [4.78, 5) is 13.8. The number of aromatic carboxylic acids is 1. The Hall–Kier alpha value is -2.77. The summed E-state index contributed by atoms with van der Waals surface area (Å²) >= 11 is 0. The van der Waals surface area contributed by atoms with E-state index in [9.17, 15) is 18.0 Å². The molecule has 0 unspecified atom stereocenters. The quantitative estimate of drug-likeness (QED) is 0.678. The van der Waals surface area contributed by atoms with E-state index in [1.54, 1.807) is 0 Å². The highest BCUT2D eigenvalue weighted by atomic mass is 19.4. The van der Waals surface area contributed by atoms with Crippen LogP contribution in [0.2, 0.25) is 0 Å². The van der Waals surface area contributed by atoms with Crippen molar-refractivity contribution in [1.82, 2.24) is 15.2 Å². The molecule has 108 valence electrons. The number of aromatic amines is 2. The van der Waals surface area contributed by atoms with Crippen LogP contribution in [-0.4, -0.2) is 26.3 Å². The van der Waals surface area contributed by atoms with Gasteiger partial charge in [0.2, 0.25) is 0 Å². The van der Waals surface area contributed by atoms with Crippen LogP contribution in [0.5, 0.6) is 0 Å². The van der Waals surface area contributed by atoms with Crippen LogP contribution < -0.4 is 0 Å². The van der Waals surface area contributed by atoms with Crippen molar-refractivity contribution in [2.45, 2.75) is 6.18 Å². The van der Waals surface area contributed by atoms with Crippen LogP contribution in [0, 0.1) is 0 Å². The molecule has 0 spiro atoms. The van der Waals surface area contributed by atoms with E-state index < -0.39 is 17.7 Å². The second kappa shape index (κ2) is 4.37. The number of halogens is 3. The van der Waals surface area contributed by atoms with Crippen LogP contribution in [0.1, 0.15) is 15.9 Å². The van der Waals surface area contributed by atoms with E-state index in [1.165, 1.54) is 12.3 Å². The molecule has 3 aromatic rings. The number of hydrogen-bond acceptors (Lipinski definition) is 2. The van der Waals surface area contributed by atoms with Crippen LogP contribution in [-0.2, 0) is 6.18 Å². The van der Waals surface area contributed by atoms with Crippen molar-refractivity contribution in [2.24, 2.45) is 0 Å². The third-order valence-electron chi connectivity index (χ3n) is 3.15. The SMILES string of the molecule is O=C(O)c1cn[nH]c1-c1c[nH]c2cc(C(F)(F)F)ccc12. The number of rotatable bonds is 2. The van der Waals surface area contributed by atoms with Gasteiger partial charge in [0.1, 0.15) is 5.56 Å². The Balaban J connectivity index is 2.17. The number of aromatic nitrogens is 3. The lowest BCUT2D eigenvalue weighted by Crippen LogP contribution is -2.04. The number of carbonyl (C=O) groups is 1. The van der Waals surface area contributed by atoms with Gasteiger partial charge in [-0.2, -0.15) is 18.3 Å². The molecule has 3 rings (SSSR count). The third kappa shape index (κ3) is 2.14. The number of H-pyrrole nitrogens is 2. The number of benzene rings is 1. The predicted octanol–water partition coefficient (Wildman–Crippen LogP) is 3.28. The molecule has 8 heteroatoms. The molecular formula is C13H8F3N3O2. The monoisotopic (exact) mass is 295 g/mol. The smallest absolute Gasteiger partial charge is 0.416 e. The molecule has 0 aliphatic heterocycles. The van der Waals surface area contributed by atoms with Gasteiger partial charge in [-0.05, 0) is 12.1 Å². The van der Waals surface area contributed by atoms with Crippen molar-refractivity contribution < 1.29 is 23.1 Å². The first-order chi connectivity index (χ1) is 9.88. The molecule has 0 bridgehead atoms. The van der Waals surface area contributed by atoms with E-state index >= 15 is 0 Å². The van der Waals surface area contributed by atoms with Gasteiger partial charge >= 0.3 is 12.1 Å². The number of nitrogens with zero attached hydrogens (tertiary/aromatic N) is 1. The average Bonchev–Trinajstić information content (AvgIpc) is 3.02. The van der Waals surface area contributed by atoms with Gasteiger partial charge in [-0.3, -0.25) is 5.10 Å². The molecule has 0 amide bonds. The number of carboxylic acid groups (broad SMARTS) is 1. The minimum absolute atomic E-state index is 0.0456. The van der Waals surface area contributed by atoms with Crippen molar-refractivity contribution in [3.05, 3.63) is 41.7 Å². The second-order valence-electron chi connectivity index (χ2n) is 4.42. The number of fused-ring (bicyclic) bond motifs is 1. The summed E-state index contributed by atoms with van der Waals surface area (Å²) in [5, 5.41) is 15.8. The lowest BCUT2D eigenvalue weighted by atomic mass is 10.1. The minimum atomic E-state index is -4.43. The lowest BCUT2D eigenvalue weighted by molar-refractivity contribution is -0.137. The first kappa shape index (κ1) is 13.2. The average molecular weight is 295 g/mol. The highest BCUT2D eigenvalue weighted by molar-refractivity contribution is 6.01. The number of carboxylic acids is 1. The topological polar surface area (TPSA) is 81.8 Å². The van der Waals surface area contributed by atoms with E-state index in [1.807, 2.05) is 0 Å². The zero-order valence-corrected chi connectivity index (χ0v) is 10.3. The molecule has 0 atom stereocenters. The second-order valence-corrected chi connectivity index (χ2v) is 4.42. The Kier molecular flexibility index (Phi) is 2.75. The van der Waals surface area contributed by atoms with Crippen molar-refractivity contribution >= 4 is 16.9 Å². The molecule has 0 saturated heterocycles. The molecule has 0 aliphatic rings. The highest BCUT2D eigenvalue weighted by Gasteiger charge is 2.31. The maximum atomic E-state index is 12.7. The molecule has 0 fully saturated rings. The van der Waals surface area contributed by atoms with Gasteiger partial charge in [0.05, 0.1) is 17.5 Å². The van der Waals surface area contributed by atoms with Gasteiger partial charge in [-0.15, -0.1) is 0 Å². The van der Waals surface area contributed by atoms with Crippen molar-refractivity contribution in [1.29, 1.82) is 0 Å². The molecule has 2 heterocycles. The Labute approximate surface area is 115 Å². The number of hydrogen-bond donors (Lipinski definition) is 3. The Morgan fingerprint density at radius 1 is 1.29 bits per heavy atom. The Morgan fingerprint density at radius 2 is 2.05 bits per heavy atom. The summed E-state index contributed by atoms with van der Waals surface area (Å²) < 4.78 is 38.0. The van der Waals surface area contributed by atoms with Gasteiger partial charge < -0.3 is 10.1 Å². The maximum Gasteiger partial charge on any atom is 0.416 e. The third-order valence-corrected chi connectivity index (χ3v) is 3.15. The number of alkyl halides is 3. The molecule has 3 N–H and O–H groups in total. The lowest BCUT2D eigenvalue weighted by Gasteiger charge is -2.06. The fourth-order valence-corrected chi connectivity index (χ4v) is 2.16. The summed E-state index contributed by atoms with van der Waals surface area (Å²) in [5.74, 6) is -1.17. The Bertz CT molecular complexity index is 833. The van der Waals surface area contributed by atoms with Gasteiger partial charge in [0.25, 0.3) is 0 Å². The summed E-state index contributed by atoms with van der Waals surface area (Å²) in [7, 11) is 0. The van der Waals surface area contributed by atoms with Crippen LogP contribution in [0.25, 0.3) is 22.2 Å². The number of nitrogens with one attached hydrogen (secondary N) is 2. The van der Waals surface area contributed by atoms with Crippen LogP contribution in [0.3, 0.4) is 0 Å². The Morgan fingerprint density at radius 3 is 2.71 bits per heavy atom. The molecular weight excluding hydrogens is 287 g/mol. The largest absolute Gasteiger partial charge is 0.478 e. The molecule has 2 aromatic heterocycles. The molecule has 21 heavy (non-hydrogen) atoms. The van der Waals surface area contributed by atoms with E-state index in [4.69, 9.17) is 5.11 Å². The first-order valence-corrected chi connectivity index (χ1v) is 5.83. The zero-order chi connectivity index (χ0) is 15.2. The summed E-state index contributed by atoms with van der Waals surface area (Å²) in [6.45, 7) is 0. The fourth-order valence-electron chi connectivity index (χ4n) is 2.16. The summed E-state index contributed by atoms with van der Waals surface area (Å²) in [6.07, 6.45) is -1.83. The molecule has 5 nitrogen and oxygen atoms in total. The normalized spacial score (nSPS) is 12.0.